The van der Waals surface area contributed by atoms with Crippen molar-refractivity contribution in [3.63, 3.8) is 0 Å². The molecule has 0 atom stereocenters. The Kier molecular flexibility index (Phi) is 1.97. The molecule has 80 valence electrons. The Bertz CT molecular complexity index is 634. The Hall–Kier alpha value is -1.81. The van der Waals surface area contributed by atoms with E-state index in [1.54, 1.807) is 17.5 Å². The van der Waals surface area contributed by atoms with Crippen molar-refractivity contribution in [1.29, 1.82) is 0 Å². The van der Waals surface area contributed by atoms with Crippen LogP contribution in [0.2, 0.25) is 0 Å². The lowest BCUT2D eigenvalue weighted by Crippen LogP contribution is -1.92. The lowest BCUT2D eigenvalue weighted by molar-refractivity contribution is 1.24. The summed E-state index contributed by atoms with van der Waals surface area (Å²) in [6, 6.07) is 8.42. The van der Waals surface area contributed by atoms with E-state index in [4.69, 9.17) is 5.73 Å². The minimum atomic E-state index is 0.687. The summed E-state index contributed by atoms with van der Waals surface area (Å²) in [4.78, 5) is 5.18. The lowest BCUT2D eigenvalue weighted by atomic mass is 10.1. The summed E-state index contributed by atoms with van der Waals surface area (Å²) in [7, 11) is 0. The zero-order valence-corrected chi connectivity index (χ0v) is 9.66. The standard InChI is InChI=1S/C12H11N3S/c1-8-2-4-9(5-3-8)10-7-16-12-14-6-11(13)15(10)12/h2-7H,13H2,1H3. The molecule has 1 aromatic carbocycles. The van der Waals surface area contributed by atoms with E-state index in [-0.39, 0.29) is 0 Å². The van der Waals surface area contributed by atoms with Gasteiger partial charge < -0.3 is 5.73 Å². The van der Waals surface area contributed by atoms with Gasteiger partial charge in [-0.15, -0.1) is 11.3 Å². The Morgan fingerprint density at radius 1 is 1.25 bits per heavy atom. The average Bonchev–Trinajstić information content (AvgIpc) is 2.84. The molecule has 0 radical (unpaired) electrons. The van der Waals surface area contributed by atoms with Gasteiger partial charge in [-0.2, -0.15) is 0 Å². The van der Waals surface area contributed by atoms with Crippen molar-refractivity contribution in [3.05, 3.63) is 41.4 Å². The SMILES string of the molecule is Cc1ccc(-c2csc3ncc(N)n23)cc1. The summed E-state index contributed by atoms with van der Waals surface area (Å²) in [5, 5.41) is 2.09. The molecule has 4 heteroatoms. The topological polar surface area (TPSA) is 43.3 Å². The molecule has 2 aromatic heterocycles. The normalized spacial score (nSPS) is 11.1. The molecule has 0 amide bonds. The van der Waals surface area contributed by atoms with Crippen LogP contribution >= 0.6 is 11.3 Å². The van der Waals surface area contributed by atoms with E-state index in [0.29, 0.717) is 5.82 Å². The third-order valence-corrected chi connectivity index (χ3v) is 3.46. The van der Waals surface area contributed by atoms with Gasteiger partial charge in [-0.05, 0) is 12.5 Å². The summed E-state index contributed by atoms with van der Waals surface area (Å²) in [5.41, 5.74) is 9.43. The average molecular weight is 229 g/mol. The fourth-order valence-corrected chi connectivity index (χ4v) is 2.64. The Morgan fingerprint density at radius 3 is 2.75 bits per heavy atom. The van der Waals surface area contributed by atoms with Crippen LogP contribution in [0.1, 0.15) is 5.56 Å². The first-order valence-corrected chi connectivity index (χ1v) is 5.91. The van der Waals surface area contributed by atoms with E-state index in [1.807, 2.05) is 4.40 Å². The second kappa shape index (κ2) is 3.35. The minimum Gasteiger partial charge on any atom is -0.383 e. The molecule has 0 bridgehead atoms. The van der Waals surface area contributed by atoms with E-state index in [9.17, 15) is 0 Å². The van der Waals surface area contributed by atoms with E-state index in [2.05, 4.69) is 41.6 Å². The minimum absolute atomic E-state index is 0.687. The zero-order valence-electron chi connectivity index (χ0n) is 8.84. The number of hydrogen-bond donors (Lipinski definition) is 1. The van der Waals surface area contributed by atoms with Crippen LogP contribution in [0, 0.1) is 6.92 Å². The number of hydrogen-bond acceptors (Lipinski definition) is 3. The maximum absolute atomic E-state index is 5.90. The Morgan fingerprint density at radius 2 is 2.00 bits per heavy atom. The maximum atomic E-state index is 5.90. The highest BCUT2D eigenvalue weighted by molar-refractivity contribution is 7.15. The van der Waals surface area contributed by atoms with E-state index < -0.39 is 0 Å². The molecule has 0 spiro atoms. The molecule has 2 N–H and O–H groups in total. The fourth-order valence-electron chi connectivity index (χ4n) is 1.76. The van der Waals surface area contributed by atoms with Gasteiger partial charge >= 0.3 is 0 Å². The highest BCUT2D eigenvalue weighted by atomic mass is 32.1. The van der Waals surface area contributed by atoms with Crippen molar-refractivity contribution in [2.75, 3.05) is 5.73 Å². The number of nitrogens with two attached hydrogens (primary N) is 1. The van der Waals surface area contributed by atoms with Gasteiger partial charge in [-0.1, -0.05) is 29.8 Å². The first-order valence-electron chi connectivity index (χ1n) is 5.03. The van der Waals surface area contributed by atoms with Gasteiger partial charge in [0.15, 0.2) is 4.96 Å². The largest absolute Gasteiger partial charge is 0.383 e. The molecule has 0 fully saturated rings. The van der Waals surface area contributed by atoms with Gasteiger partial charge in [-0.25, -0.2) is 4.98 Å². The van der Waals surface area contributed by atoms with Crippen LogP contribution in [0.3, 0.4) is 0 Å². The molecule has 0 aliphatic heterocycles. The van der Waals surface area contributed by atoms with Crippen LogP contribution in [0.4, 0.5) is 5.82 Å². The number of imidazole rings is 1. The molecule has 0 saturated carbocycles. The Labute approximate surface area is 97.2 Å². The zero-order chi connectivity index (χ0) is 11.1. The maximum Gasteiger partial charge on any atom is 0.195 e. The molecule has 16 heavy (non-hydrogen) atoms. The van der Waals surface area contributed by atoms with Crippen LogP contribution in [0.25, 0.3) is 16.2 Å². The summed E-state index contributed by atoms with van der Waals surface area (Å²) < 4.78 is 1.98. The monoisotopic (exact) mass is 229 g/mol. The number of nitrogens with zero attached hydrogens (tertiary/aromatic N) is 2. The van der Waals surface area contributed by atoms with Crippen LogP contribution in [0.5, 0.6) is 0 Å². The van der Waals surface area contributed by atoms with Crippen LogP contribution in [-0.4, -0.2) is 9.38 Å². The number of aryl methyl sites for hydroxylation is 1. The summed E-state index contributed by atoms with van der Waals surface area (Å²) in [6.07, 6.45) is 1.70. The van der Waals surface area contributed by atoms with Gasteiger partial charge in [0.05, 0.1) is 11.9 Å². The van der Waals surface area contributed by atoms with Gasteiger partial charge in [0.2, 0.25) is 0 Å². The molecule has 0 unspecified atom stereocenters. The van der Waals surface area contributed by atoms with Crippen molar-refractivity contribution in [3.8, 4) is 11.3 Å². The van der Waals surface area contributed by atoms with Crippen LogP contribution in [-0.2, 0) is 0 Å². The lowest BCUT2D eigenvalue weighted by Gasteiger charge is -2.01. The molecule has 2 heterocycles. The van der Waals surface area contributed by atoms with Gasteiger partial charge in [-0.3, -0.25) is 4.40 Å². The highest BCUT2D eigenvalue weighted by Crippen LogP contribution is 2.28. The summed E-state index contributed by atoms with van der Waals surface area (Å²) in [6.45, 7) is 2.08. The number of rotatable bonds is 1. The molecular weight excluding hydrogens is 218 g/mol. The molecule has 3 aromatic rings. The predicted molar refractivity (Wildman–Crippen MR) is 67.7 cm³/mol. The second-order valence-corrected chi connectivity index (χ2v) is 4.62. The highest BCUT2D eigenvalue weighted by Gasteiger charge is 2.09. The molecule has 0 saturated heterocycles. The van der Waals surface area contributed by atoms with Gasteiger partial charge in [0, 0.05) is 5.38 Å². The van der Waals surface area contributed by atoms with Crippen molar-refractivity contribution < 1.29 is 0 Å². The summed E-state index contributed by atoms with van der Waals surface area (Å²) >= 11 is 1.61. The number of aromatic nitrogens is 2. The smallest absolute Gasteiger partial charge is 0.195 e. The summed E-state index contributed by atoms with van der Waals surface area (Å²) in [5.74, 6) is 0.687. The quantitative estimate of drug-likeness (QED) is 0.697. The van der Waals surface area contributed by atoms with Crippen LogP contribution in [0.15, 0.2) is 35.8 Å². The predicted octanol–water partition coefficient (Wildman–Crippen LogP) is 2.95. The number of fused-ring (bicyclic) bond motifs is 1. The van der Waals surface area contributed by atoms with Gasteiger partial charge in [0.25, 0.3) is 0 Å². The van der Waals surface area contributed by atoms with E-state index in [0.717, 1.165) is 10.7 Å². The van der Waals surface area contributed by atoms with E-state index >= 15 is 0 Å². The third-order valence-electron chi connectivity index (χ3n) is 2.62. The molecular formula is C12H11N3S. The van der Waals surface area contributed by atoms with Gasteiger partial charge in [0.1, 0.15) is 5.82 Å². The molecule has 0 aliphatic carbocycles. The second-order valence-electron chi connectivity index (χ2n) is 3.79. The Balaban J connectivity index is 2.25. The first-order chi connectivity index (χ1) is 7.75. The van der Waals surface area contributed by atoms with Crippen molar-refractivity contribution >= 4 is 22.1 Å². The van der Waals surface area contributed by atoms with Crippen molar-refractivity contribution in [2.24, 2.45) is 0 Å². The van der Waals surface area contributed by atoms with Crippen molar-refractivity contribution in [1.82, 2.24) is 9.38 Å². The van der Waals surface area contributed by atoms with E-state index in [1.165, 1.54) is 11.1 Å². The molecule has 3 rings (SSSR count). The number of nitrogen functional groups attached to an aromatic ring is 1. The van der Waals surface area contributed by atoms with Crippen LogP contribution < -0.4 is 5.73 Å². The fraction of sp³-hybridized carbons (Fsp3) is 0.0833. The number of anilines is 1. The molecule has 0 aliphatic rings. The number of thiazole rings is 1. The molecule has 3 nitrogen and oxygen atoms in total. The first kappa shape index (κ1) is 9.42. The van der Waals surface area contributed by atoms with Crippen molar-refractivity contribution in [2.45, 2.75) is 6.92 Å². The number of benzene rings is 1. The third kappa shape index (κ3) is 1.31.